The maximum absolute atomic E-state index is 11.3. The van der Waals surface area contributed by atoms with Crippen molar-refractivity contribution in [2.45, 2.75) is 18.2 Å². The molecule has 0 saturated heterocycles. The number of hydrogen-bond acceptors (Lipinski definition) is 5. The quantitative estimate of drug-likeness (QED) is 0.494. The summed E-state index contributed by atoms with van der Waals surface area (Å²) in [5, 5.41) is 0. The largest absolute Gasteiger partial charge is 0.466 e. The molecule has 0 unspecified atom stereocenters. The number of carbonyl (C=O) groups excluding carboxylic acids is 1. The Balaban J connectivity index is 2.59. The van der Waals surface area contributed by atoms with E-state index >= 15 is 0 Å². The maximum Gasteiger partial charge on any atom is 0.333 e. The zero-order chi connectivity index (χ0) is 12.7. The van der Waals surface area contributed by atoms with Crippen LogP contribution in [0.3, 0.4) is 0 Å². The highest BCUT2D eigenvalue weighted by molar-refractivity contribution is 7.99. The summed E-state index contributed by atoms with van der Waals surface area (Å²) in [4.78, 5) is 16.2. The fourth-order valence-electron chi connectivity index (χ4n) is 1.26. The van der Waals surface area contributed by atoms with Gasteiger partial charge in [-0.3, -0.25) is 4.98 Å². The van der Waals surface area contributed by atoms with Crippen molar-refractivity contribution in [2.24, 2.45) is 0 Å². The number of ether oxygens (including phenoxy) is 1. The second-order valence-corrected chi connectivity index (χ2v) is 4.36. The van der Waals surface area contributed by atoms with Gasteiger partial charge in [-0.2, -0.15) is 0 Å². The summed E-state index contributed by atoms with van der Waals surface area (Å²) in [5.41, 5.74) is 7.10. The standard InChI is InChI=1S/C12H16N2O2S/c1-3-9(12(15)16-2)5-7-17-11-4-6-14-8-10(11)13/h4-6,8H,3,7,13H2,1-2H3. The van der Waals surface area contributed by atoms with Gasteiger partial charge in [-0.05, 0) is 12.5 Å². The van der Waals surface area contributed by atoms with E-state index in [1.165, 1.54) is 7.11 Å². The Morgan fingerprint density at radius 2 is 2.41 bits per heavy atom. The molecule has 0 radical (unpaired) electrons. The number of nitrogens with zero attached hydrogens (tertiary/aromatic N) is 1. The van der Waals surface area contributed by atoms with E-state index in [1.807, 2.05) is 19.1 Å². The first-order chi connectivity index (χ1) is 8.19. The highest BCUT2D eigenvalue weighted by atomic mass is 32.2. The number of nitrogen functional groups attached to an aromatic ring is 1. The summed E-state index contributed by atoms with van der Waals surface area (Å²) in [5.74, 6) is 0.419. The van der Waals surface area contributed by atoms with Crippen molar-refractivity contribution in [3.63, 3.8) is 0 Å². The molecule has 1 rings (SSSR count). The van der Waals surface area contributed by atoms with E-state index in [1.54, 1.807) is 24.2 Å². The van der Waals surface area contributed by atoms with Crippen molar-refractivity contribution in [1.29, 1.82) is 0 Å². The van der Waals surface area contributed by atoms with Crippen LogP contribution in [0.1, 0.15) is 13.3 Å². The van der Waals surface area contributed by atoms with Gasteiger partial charge in [-0.25, -0.2) is 4.79 Å². The predicted octanol–water partition coefficient (Wildman–Crippen LogP) is 2.27. The minimum atomic E-state index is -0.268. The molecule has 1 aromatic rings. The molecule has 0 aliphatic carbocycles. The molecule has 0 fully saturated rings. The third-order valence-corrected chi connectivity index (χ3v) is 3.22. The number of anilines is 1. The van der Waals surface area contributed by atoms with Crippen LogP contribution in [0.2, 0.25) is 0 Å². The van der Waals surface area contributed by atoms with Crippen molar-refractivity contribution in [2.75, 3.05) is 18.6 Å². The lowest BCUT2D eigenvalue weighted by molar-refractivity contribution is -0.136. The number of aromatic nitrogens is 1. The van der Waals surface area contributed by atoms with E-state index in [0.717, 1.165) is 4.90 Å². The van der Waals surface area contributed by atoms with Crippen LogP contribution in [0.5, 0.6) is 0 Å². The fourth-order valence-corrected chi connectivity index (χ4v) is 2.10. The molecule has 4 nitrogen and oxygen atoms in total. The lowest BCUT2D eigenvalue weighted by Crippen LogP contribution is -2.04. The monoisotopic (exact) mass is 252 g/mol. The van der Waals surface area contributed by atoms with E-state index in [-0.39, 0.29) is 5.97 Å². The summed E-state index contributed by atoms with van der Waals surface area (Å²) >= 11 is 1.57. The van der Waals surface area contributed by atoms with E-state index in [0.29, 0.717) is 23.4 Å². The molecule has 1 aromatic heterocycles. The van der Waals surface area contributed by atoms with Crippen LogP contribution < -0.4 is 5.73 Å². The number of hydrogen-bond donors (Lipinski definition) is 1. The van der Waals surface area contributed by atoms with Gasteiger partial charge in [0.25, 0.3) is 0 Å². The highest BCUT2D eigenvalue weighted by Crippen LogP contribution is 2.23. The number of methoxy groups -OCH3 is 1. The highest BCUT2D eigenvalue weighted by Gasteiger charge is 2.06. The average Bonchev–Trinajstić information content (AvgIpc) is 2.36. The van der Waals surface area contributed by atoms with E-state index < -0.39 is 0 Å². The first-order valence-corrected chi connectivity index (χ1v) is 6.27. The van der Waals surface area contributed by atoms with Crippen LogP contribution >= 0.6 is 11.8 Å². The second kappa shape index (κ2) is 6.96. The van der Waals surface area contributed by atoms with Gasteiger partial charge in [0.15, 0.2) is 0 Å². The fraction of sp³-hybridized carbons (Fsp3) is 0.333. The maximum atomic E-state index is 11.3. The van der Waals surface area contributed by atoms with Crippen molar-refractivity contribution < 1.29 is 9.53 Å². The second-order valence-electron chi connectivity index (χ2n) is 3.30. The lowest BCUT2D eigenvalue weighted by Gasteiger charge is -2.04. The van der Waals surface area contributed by atoms with Crippen LogP contribution in [0, 0.1) is 0 Å². The lowest BCUT2D eigenvalue weighted by atomic mass is 10.2. The van der Waals surface area contributed by atoms with E-state index in [2.05, 4.69) is 9.72 Å². The minimum absolute atomic E-state index is 0.268. The molecule has 0 aliphatic heterocycles. The average molecular weight is 252 g/mol. The molecule has 0 atom stereocenters. The van der Waals surface area contributed by atoms with Crippen molar-refractivity contribution >= 4 is 23.4 Å². The Hall–Kier alpha value is -1.49. The number of rotatable bonds is 5. The predicted molar refractivity (Wildman–Crippen MR) is 69.8 cm³/mol. The van der Waals surface area contributed by atoms with Gasteiger partial charge in [0.05, 0.1) is 19.0 Å². The smallest absolute Gasteiger partial charge is 0.333 e. The summed E-state index contributed by atoms with van der Waals surface area (Å²) in [7, 11) is 1.39. The topological polar surface area (TPSA) is 65.2 Å². The SMILES string of the molecule is CCC(=CCSc1ccncc1N)C(=O)OC. The Morgan fingerprint density at radius 1 is 1.65 bits per heavy atom. The van der Waals surface area contributed by atoms with Crippen LogP contribution in [-0.2, 0) is 9.53 Å². The molecule has 1 heterocycles. The van der Waals surface area contributed by atoms with Crippen molar-refractivity contribution in [1.82, 2.24) is 4.98 Å². The van der Waals surface area contributed by atoms with Gasteiger partial charge >= 0.3 is 5.97 Å². The third kappa shape index (κ3) is 4.11. The Labute approximate surface area is 105 Å². The Morgan fingerprint density at radius 3 is 3.00 bits per heavy atom. The molecule has 2 N–H and O–H groups in total. The molecule has 0 bridgehead atoms. The molecule has 0 amide bonds. The van der Waals surface area contributed by atoms with Crippen LogP contribution in [0.4, 0.5) is 5.69 Å². The number of carbonyl (C=O) groups is 1. The van der Waals surface area contributed by atoms with Crippen molar-refractivity contribution in [3.8, 4) is 0 Å². The number of thioether (sulfide) groups is 1. The summed E-state index contributed by atoms with van der Waals surface area (Å²) in [6.07, 6.45) is 5.85. The van der Waals surface area contributed by atoms with E-state index in [4.69, 9.17) is 5.73 Å². The van der Waals surface area contributed by atoms with Gasteiger partial charge in [-0.1, -0.05) is 13.0 Å². The number of pyridine rings is 1. The Kier molecular flexibility index (Phi) is 5.56. The van der Waals surface area contributed by atoms with Gasteiger partial charge in [0.2, 0.25) is 0 Å². The summed E-state index contributed by atoms with van der Waals surface area (Å²) < 4.78 is 4.68. The first-order valence-electron chi connectivity index (χ1n) is 5.28. The van der Waals surface area contributed by atoms with Crippen molar-refractivity contribution in [3.05, 3.63) is 30.1 Å². The molecule has 92 valence electrons. The number of nitrogens with two attached hydrogens (primary N) is 1. The van der Waals surface area contributed by atoms with Crippen LogP contribution in [0.25, 0.3) is 0 Å². The van der Waals surface area contributed by atoms with Gasteiger partial charge in [0.1, 0.15) is 0 Å². The van der Waals surface area contributed by atoms with Gasteiger partial charge in [-0.15, -0.1) is 11.8 Å². The third-order valence-electron chi connectivity index (χ3n) is 2.21. The van der Waals surface area contributed by atoms with E-state index in [9.17, 15) is 4.79 Å². The number of esters is 1. The Bertz CT molecular complexity index is 419. The molecule has 0 spiro atoms. The molecule has 0 saturated carbocycles. The molecular formula is C12H16N2O2S. The van der Waals surface area contributed by atoms with Gasteiger partial charge in [0, 0.05) is 22.4 Å². The first kappa shape index (κ1) is 13.6. The zero-order valence-corrected chi connectivity index (χ0v) is 10.8. The van der Waals surface area contributed by atoms with Gasteiger partial charge < -0.3 is 10.5 Å². The molecular weight excluding hydrogens is 236 g/mol. The molecule has 5 heteroatoms. The zero-order valence-electron chi connectivity index (χ0n) is 9.97. The summed E-state index contributed by atoms with van der Waals surface area (Å²) in [6, 6.07) is 1.86. The van der Waals surface area contributed by atoms with Crippen LogP contribution in [-0.4, -0.2) is 23.8 Å². The summed E-state index contributed by atoms with van der Waals surface area (Å²) in [6.45, 7) is 1.92. The normalized spacial score (nSPS) is 11.3. The molecule has 0 aromatic carbocycles. The molecule has 17 heavy (non-hydrogen) atoms. The molecule has 0 aliphatic rings. The minimum Gasteiger partial charge on any atom is -0.466 e. The van der Waals surface area contributed by atoms with Crippen LogP contribution in [0.15, 0.2) is 35.0 Å².